The Balaban J connectivity index is 1.77. The number of pyridine rings is 1. The molecule has 2 aromatic carbocycles. The van der Waals surface area contributed by atoms with E-state index in [4.69, 9.17) is 9.47 Å². The number of aryl methyl sites for hydroxylation is 2. The lowest BCUT2D eigenvalue weighted by Crippen LogP contribution is -2.37. The van der Waals surface area contributed by atoms with E-state index in [1.807, 2.05) is 50.2 Å². The van der Waals surface area contributed by atoms with Crippen LogP contribution in [0, 0.1) is 13.8 Å². The van der Waals surface area contributed by atoms with Crippen LogP contribution in [0.15, 0.2) is 47.3 Å². The van der Waals surface area contributed by atoms with Crippen LogP contribution in [0.3, 0.4) is 0 Å². The number of carbonyl (C=O) groups excluding carboxylic acids is 1. The molecule has 30 heavy (non-hydrogen) atoms. The molecule has 0 fully saturated rings. The number of carbonyl (C=O) groups is 1. The Kier molecular flexibility index (Phi) is 6.45. The molecule has 0 bridgehead atoms. The number of para-hydroxylation sites is 1. The molecule has 0 aliphatic heterocycles. The summed E-state index contributed by atoms with van der Waals surface area (Å²) >= 11 is 0. The van der Waals surface area contributed by atoms with Gasteiger partial charge in [-0.1, -0.05) is 24.3 Å². The molecule has 3 rings (SSSR count). The number of ether oxygens (including phenoxy) is 2. The smallest absolute Gasteiger partial charge is 0.252 e. The first-order valence-electron chi connectivity index (χ1n) is 9.97. The van der Waals surface area contributed by atoms with Gasteiger partial charge in [-0.15, -0.1) is 0 Å². The van der Waals surface area contributed by atoms with Crippen molar-refractivity contribution in [2.45, 2.75) is 33.2 Å². The molecule has 0 saturated carbocycles. The average Bonchev–Trinajstić information content (AvgIpc) is 2.74. The minimum atomic E-state index is -0.618. The molecule has 0 spiro atoms. The number of benzene rings is 2. The molecule has 6 nitrogen and oxygen atoms in total. The second-order valence-electron chi connectivity index (χ2n) is 7.41. The van der Waals surface area contributed by atoms with Gasteiger partial charge in [-0.3, -0.25) is 14.2 Å². The topological polar surface area (TPSA) is 69.6 Å². The number of nitrogens with one attached hydrogen (secondary N) is 1. The van der Waals surface area contributed by atoms with Gasteiger partial charge in [-0.25, -0.2) is 0 Å². The zero-order valence-corrected chi connectivity index (χ0v) is 18.1. The third-order valence-corrected chi connectivity index (χ3v) is 5.41. The van der Waals surface area contributed by atoms with Crippen LogP contribution in [-0.2, 0) is 11.2 Å². The molecule has 158 valence electrons. The molecule has 1 unspecified atom stereocenters. The van der Waals surface area contributed by atoms with Gasteiger partial charge >= 0.3 is 0 Å². The molecule has 0 radical (unpaired) electrons. The Morgan fingerprint density at radius 2 is 1.77 bits per heavy atom. The Bertz CT molecular complexity index is 1130. The second kappa shape index (κ2) is 9.03. The minimum Gasteiger partial charge on any atom is -0.493 e. The molecule has 1 heterocycles. The first-order valence-corrected chi connectivity index (χ1v) is 9.97. The summed E-state index contributed by atoms with van der Waals surface area (Å²) in [6, 6.07) is 12.6. The molecular weight excluding hydrogens is 380 g/mol. The molecule has 1 N–H and O–H groups in total. The van der Waals surface area contributed by atoms with E-state index in [9.17, 15) is 9.59 Å². The predicted molar refractivity (Wildman–Crippen MR) is 119 cm³/mol. The number of rotatable bonds is 7. The lowest BCUT2D eigenvalue weighted by molar-refractivity contribution is -0.123. The highest BCUT2D eigenvalue weighted by molar-refractivity contribution is 5.88. The summed E-state index contributed by atoms with van der Waals surface area (Å²) in [6.45, 7) is 6.09. The Labute approximate surface area is 176 Å². The Morgan fingerprint density at radius 3 is 2.47 bits per heavy atom. The van der Waals surface area contributed by atoms with E-state index in [2.05, 4.69) is 5.32 Å². The summed E-state index contributed by atoms with van der Waals surface area (Å²) in [5.41, 5.74) is 3.55. The van der Waals surface area contributed by atoms with Crippen LogP contribution < -0.4 is 20.3 Å². The van der Waals surface area contributed by atoms with Gasteiger partial charge in [0.2, 0.25) is 5.91 Å². The monoisotopic (exact) mass is 408 g/mol. The van der Waals surface area contributed by atoms with Crippen molar-refractivity contribution in [3.8, 4) is 11.5 Å². The lowest BCUT2D eigenvalue weighted by Gasteiger charge is -2.20. The summed E-state index contributed by atoms with van der Waals surface area (Å²) in [7, 11) is 3.19. The van der Waals surface area contributed by atoms with Crippen LogP contribution in [0.25, 0.3) is 10.9 Å². The SMILES string of the molecule is COc1ccc(CCNC(=O)C(C)n2c(=O)cc(C)c3cccc(C)c32)cc1OC. The second-order valence-corrected chi connectivity index (χ2v) is 7.41. The zero-order chi connectivity index (χ0) is 21.8. The van der Waals surface area contributed by atoms with Gasteiger partial charge in [0.25, 0.3) is 5.56 Å². The summed E-state index contributed by atoms with van der Waals surface area (Å²) in [4.78, 5) is 25.6. The third-order valence-electron chi connectivity index (χ3n) is 5.41. The van der Waals surface area contributed by atoms with Gasteiger partial charge < -0.3 is 14.8 Å². The third kappa shape index (κ3) is 4.17. The molecule has 0 aliphatic carbocycles. The van der Waals surface area contributed by atoms with Crippen molar-refractivity contribution in [1.29, 1.82) is 0 Å². The summed E-state index contributed by atoms with van der Waals surface area (Å²) in [6.07, 6.45) is 0.640. The molecule has 0 saturated heterocycles. The molecule has 1 atom stereocenters. The van der Waals surface area contributed by atoms with E-state index >= 15 is 0 Å². The highest BCUT2D eigenvalue weighted by atomic mass is 16.5. The van der Waals surface area contributed by atoms with E-state index < -0.39 is 6.04 Å². The van der Waals surface area contributed by atoms with Crippen LogP contribution in [0.5, 0.6) is 11.5 Å². The summed E-state index contributed by atoms with van der Waals surface area (Å²) in [5, 5.41) is 3.94. The van der Waals surface area contributed by atoms with E-state index in [0.717, 1.165) is 27.6 Å². The van der Waals surface area contributed by atoms with Gasteiger partial charge in [0.05, 0.1) is 19.7 Å². The van der Waals surface area contributed by atoms with Crippen molar-refractivity contribution in [1.82, 2.24) is 9.88 Å². The van der Waals surface area contributed by atoms with E-state index in [-0.39, 0.29) is 11.5 Å². The fourth-order valence-electron chi connectivity index (χ4n) is 3.76. The van der Waals surface area contributed by atoms with Crippen molar-refractivity contribution in [2.24, 2.45) is 0 Å². The molecule has 1 aromatic heterocycles. The fourth-order valence-corrected chi connectivity index (χ4v) is 3.76. The quantitative estimate of drug-likeness (QED) is 0.649. The van der Waals surface area contributed by atoms with Crippen molar-refractivity contribution in [3.63, 3.8) is 0 Å². The standard InChI is InChI=1S/C24H28N2O4/c1-15-7-6-8-19-16(2)13-22(27)26(23(15)19)17(3)24(28)25-12-11-18-9-10-20(29-4)21(14-18)30-5/h6-10,13-14,17H,11-12H2,1-5H3,(H,25,28). The van der Waals surface area contributed by atoms with Gasteiger partial charge in [-0.2, -0.15) is 0 Å². The van der Waals surface area contributed by atoms with Crippen LogP contribution in [-0.4, -0.2) is 31.2 Å². The maximum Gasteiger partial charge on any atom is 0.252 e. The van der Waals surface area contributed by atoms with Crippen molar-refractivity contribution in [2.75, 3.05) is 20.8 Å². The number of aromatic nitrogens is 1. The van der Waals surface area contributed by atoms with Gasteiger partial charge in [0, 0.05) is 18.0 Å². The Morgan fingerprint density at radius 1 is 1.03 bits per heavy atom. The fraction of sp³-hybridized carbons (Fsp3) is 0.333. The molecular formula is C24H28N2O4. The van der Waals surface area contributed by atoms with Crippen molar-refractivity contribution in [3.05, 3.63) is 69.5 Å². The van der Waals surface area contributed by atoms with Crippen LogP contribution in [0.1, 0.15) is 29.7 Å². The van der Waals surface area contributed by atoms with Crippen molar-refractivity contribution < 1.29 is 14.3 Å². The molecule has 6 heteroatoms. The van der Waals surface area contributed by atoms with Gasteiger partial charge in [-0.05, 0) is 56.0 Å². The normalized spacial score (nSPS) is 11.9. The maximum atomic E-state index is 12.8. The highest BCUT2D eigenvalue weighted by Crippen LogP contribution is 2.27. The van der Waals surface area contributed by atoms with E-state index in [1.54, 1.807) is 31.8 Å². The molecule has 1 amide bonds. The number of hydrogen-bond donors (Lipinski definition) is 1. The summed E-state index contributed by atoms with van der Waals surface area (Å²) in [5.74, 6) is 1.13. The van der Waals surface area contributed by atoms with E-state index in [1.165, 1.54) is 0 Å². The number of methoxy groups -OCH3 is 2. The first-order chi connectivity index (χ1) is 14.4. The van der Waals surface area contributed by atoms with Crippen LogP contribution >= 0.6 is 0 Å². The van der Waals surface area contributed by atoms with E-state index in [0.29, 0.717) is 24.5 Å². The largest absolute Gasteiger partial charge is 0.493 e. The minimum absolute atomic E-state index is 0.170. The highest BCUT2D eigenvalue weighted by Gasteiger charge is 2.20. The zero-order valence-electron chi connectivity index (χ0n) is 18.1. The maximum absolute atomic E-state index is 12.8. The molecule has 3 aromatic rings. The van der Waals surface area contributed by atoms with Gasteiger partial charge in [0.15, 0.2) is 11.5 Å². The lowest BCUT2D eigenvalue weighted by atomic mass is 10.1. The first kappa shape index (κ1) is 21.4. The number of hydrogen-bond acceptors (Lipinski definition) is 4. The number of fused-ring (bicyclic) bond motifs is 1. The number of amides is 1. The van der Waals surface area contributed by atoms with Crippen molar-refractivity contribution >= 4 is 16.8 Å². The summed E-state index contributed by atoms with van der Waals surface area (Å²) < 4.78 is 12.2. The van der Waals surface area contributed by atoms with Crippen LogP contribution in [0.4, 0.5) is 0 Å². The number of nitrogens with zero attached hydrogens (tertiary/aromatic N) is 1. The van der Waals surface area contributed by atoms with Gasteiger partial charge in [0.1, 0.15) is 6.04 Å². The Hall–Kier alpha value is -3.28. The average molecular weight is 408 g/mol. The van der Waals surface area contributed by atoms with Crippen LogP contribution in [0.2, 0.25) is 0 Å². The molecule has 0 aliphatic rings. The predicted octanol–water partition coefficient (Wildman–Crippen LogP) is 3.56.